The third-order valence-electron chi connectivity index (χ3n) is 1.93. The molecule has 0 amide bonds. The fraction of sp³-hybridized carbons (Fsp3) is 0.364. The Morgan fingerprint density at radius 1 is 1.71 bits per heavy atom. The van der Waals surface area contributed by atoms with E-state index >= 15 is 0 Å². The summed E-state index contributed by atoms with van der Waals surface area (Å²) in [6, 6.07) is -0.765. The van der Waals surface area contributed by atoms with E-state index in [-0.39, 0.29) is 0 Å². The second-order valence-corrected chi connectivity index (χ2v) is 3.24. The van der Waals surface area contributed by atoms with Gasteiger partial charge in [0.15, 0.2) is 0 Å². The molecule has 0 aromatic carbocycles. The highest BCUT2D eigenvalue weighted by Crippen LogP contribution is 2.11. The largest absolute Gasteiger partial charge is 0.480 e. The molecule has 1 atom stereocenters. The second kappa shape index (κ2) is 6.47. The van der Waals surface area contributed by atoms with Gasteiger partial charge >= 0.3 is 5.97 Å². The number of aliphatic carboxylic acids is 1. The minimum Gasteiger partial charge on any atom is -0.480 e. The van der Waals surface area contributed by atoms with E-state index in [1.165, 1.54) is 18.5 Å². The Hall–Kier alpha value is -2.11. The van der Waals surface area contributed by atoms with Gasteiger partial charge in [-0.2, -0.15) is 4.98 Å². The van der Waals surface area contributed by atoms with E-state index in [4.69, 9.17) is 9.84 Å². The van der Waals surface area contributed by atoms with Gasteiger partial charge in [0.05, 0.1) is 19.0 Å². The third kappa shape index (κ3) is 4.10. The zero-order valence-corrected chi connectivity index (χ0v) is 9.59. The van der Waals surface area contributed by atoms with E-state index < -0.39 is 12.0 Å². The van der Waals surface area contributed by atoms with E-state index in [2.05, 4.69) is 21.9 Å². The maximum Gasteiger partial charge on any atom is 0.326 e. The van der Waals surface area contributed by atoms with Crippen LogP contribution in [0.15, 0.2) is 25.0 Å². The SMILES string of the molecule is C=CCC(Nc1cncc(OCC)n1)C(=O)O. The smallest absolute Gasteiger partial charge is 0.326 e. The fourth-order valence-corrected chi connectivity index (χ4v) is 1.20. The summed E-state index contributed by atoms with van der Waals surface area (Å²) < 4.78 is 5.17. The predicted octanol–water partition coefficient (Wildman–Crippen LogP) is 1.32. The molecule has 17 heavy (non-hydrogen) atoms. The van der Waals surface area contributed by atoms with Crippen LogP contribution in [0.25, 0.3) is 0 Å². The molecule has 0 radical (unpaired) electrons. The average molecular weight is 237 g/mol. The summed E-state index contributed by atoms with van der Waals surface area (Å²) in [7, 11) is 0. The van der Waals surface area contributed by atoms with Crippen molar-refractivity contribution >= 4 is 11.8 Å². The lowest BCUT2D eigenvalue weighted by Crippen LogP contribution is -2.29. The number of rotatable bonds is 7. The first-order valence-corrected chi connectivity index (χ1v) is 5.22. The molecule has 1 heterocycles. The highest BCUT2D eigenvalue weighted by Gasteiger charge is 2.16. The van der Waals surface area contributed by atoms with Gasteiger partial charge in [-0.15, -0.1) is 6.58 Å². The Balaban J connectivity index is 2.74. The van der Waals surface area contributed by atoms with Crippen LogP contribution in [0.2, 0.25) is 0 Å². The van der Waals surface area contributed by atoms with Crippen molar-refractivity contribution in [1.29, 1.82) is 0 Å². The van der Waals surface area contributed by atoms with Crippen molar-refractivity contribution < 1.29 is 14.6 Å². The van der Waals surface area contributed by atoms with Crippen LogP contribution in [0.3, 0.4) is 0 Å². The van der Waals surface area contributed by atoms with Crippen LogP contribution in [0.1, 0.15) is 13.3 Å². The fourth-order valence-electron chi connectivity index (χ4n) is 1.20. The molecule has 0 aliphatic heterocycles. The van der Waals surface area contributed by atoms with Crippen molar-refractivity contribution in [3.8, 4) is 5.88 Å². The molecule has 1 rings (SSSR count). The number of carboxylic acid groups (broad SMARTS) is 1. The normalized spacial score (nSPS) is 11.6. The van der Waals surface area contributed by atoms with Crippen LogP contribution in [0.5, 0.6) is 5.88 Å². The third-order valence-corrected chi connectivity index (χ3v) is 1.93. The average Bonchev–Trinajstić information content (AvgIpc) is 2.29. The molecule has 0 bridgehead atoms. The first kappa shape index (κ1) is 13.0. The number of anilines is 1. The van der Waals surface area contributed by atoms with Gasteiger partial charge in [-0.3, -0.25) is 4.98 Å². The van der Waals surface area contributed by atoms with Crippen LogP contribution in [-0.2, 0) is 4.79 Å². The molecule has 0 saturated heterocycles. The first-order valence-electron chi connectivity index (χ1n) is 5.22. The minimum atomic E-state index is -0.964. The van der Waals surface area contributed by atoms with Crippen molar-refractivity contribution in [1.82, 2.24) is 9.97 Å². The Labute approximate surface area is 99.4 Å². The number of carboxylic acids is 1. The van der Waals surface area contributed by atoms with Gasteiger partial charge in [-0.25, -0.2) is 4.79 Å². The van der Waals surface area contributed by atoms with Crippen molar-refractivity contribution in [3.63, 3.8) is 0 Å². The molecule has 1 unspecified atom stereocenters. The predicted molar refractivity (Wildman–Crippen MR) is 63.1 cm³/mol. The molecule has 0 spiro atoms. The standard InChI is InChI=1S/C11H15N3O3/c1-3-5-8(11(15)16)13-9-6-12-7-10(14-9)17-4-2/h3,6-8H,1,4-5H2,2H3,(H,13,14)(H,15,16). The van der Waals surface area contributed by atoms with E-state index in [1.807, 2.05) is 6.92 Å². The molecular weight excluding hydrogens is 222 g/mol. The van der Waals surface area contributed by atoms with E-state index in [0.29, 0.717) is 24.7 Å². The molecule has 1 aromatic rings. The topological polar surface area (TPSA) is 84.3 Å². The molecule has 92 valence electrons. The summed E-state index contributed by atoms with van der Waals surface area (Å²) in [6.07, 6.45) is 4.75. The summed E-state index contributed by atoms with van der Waals surface area (Å²) in [4.78, 5) is 18.9. The Bertz CT molecular complexity index is 395. The van der Waals surface area contributed by atoms with Crippen molar-refractivity contribution in [2.75, 3.05) is 11.9 Å². The van der Waals surface area contributed by atoms with Crippen molar-refractivity contribution in [2.45, 2.75) is 19.4 Å². The van der Waals surface area contributed by atoms with Gasteiger partial charge in [-0.1, -0.05) is 6.08 Å². The minimum absolute atomic E-state index is 0.301. The number of hydrogen-bond acceptors (Lipinski definition) is 5. The second-order valence-electron chi connectivity index (χ2n) is 3.24. The monoisotopic (exact) mass is 237 g/mol. The number of nitrogens with one attached hydrogen (secondary N) is 1. The summed E-state index contributed by atoms with van der Waals surface area (Å²) in [5.41, 5.74) is 0. The Morgan fingerprint density at radius 3 is 3.06 bits per heavy atom. The quantitative estimate of drug-likeness (QED) is 0.696. The van der Waals surface area contributed by atoms with E-state index in [9.17, 15) is 4.79 Å². The first-order chi connectivity index (χ1) is 8.17. The summed E-state index contributed by atoms with van der Waals surface area (Å²) in [6.45, 7) is 5.82. The highest BCUT2D eigenvalue weighted by atomic mass is 16.5. The summed E-state index contributed by atoms with van der Waals surface area (Å²) in [5, 5.41) is 11.7. The molecular formula is C11H15N3O3. The van der Waals surface area contributed by atoms with Gasteiger partial charge < -0.3 is 15.2 Å². The molecule has 0 saturated carbocycles. The van der Waals surface area contributed by atoms with Gasteiger partial charge in [0.1, 0.15) is 11.9 Å². The van der Waals surface area contributed by atoms with Crippen LogP contribution in [0.4, 0.5) is 5.82 Å². The van der Waals surface area contributed by atoms with Crippen LogP contribution in [0, 0.1) is 0 Å². The van der Waals surface area contributed by atoms with Gasteiger partial charge in [0.25, 0.3) is 0 Å². The number of ether oxygens (including phenoxy) is 1. The van der Waals surface area contributed by atoms with E-state index in [0.717, 1.165) is 0 Å². The zero-order chi connectivity index (χ0) is 12.7. The van der Waals surface area contributed by atoms with Gasteiger partial charge in [-0.05, 0) is 13.3 Å². The Morgan fingerprint density at radius 2 is 2.47 bits per heavy atom. The van der Waals surface area contributed by atoms with E-state index in [1.54, 1.807) is 0 Å². The molecule has 0 aliphatic rings. The molecule has 6 nitrogen and oxygen atoms in total. The number of carbonyl (C=O) groups is 1. The van der Waals surface area contributed by atoms with Crippen LogP contribution >= 0.6 is 0 Å². The summed E-state index contributed by atoms with van der Waals surface area (Å²) in [5.74, 6) is -0.237. The lowest BCUT2D eigenvalue weighted by Gasteiger charge is -2.13. The van der Waals surface area contributed by atoms with Crippen molar-refractivity contribution in [3.05, 3.63) is 25.0 Å². The van der Waals surface area contributed by atoms with Gasteiger partial charge in [0, 0.05) is 0 Å². The molecule has 6 heteroatoms. The highest BCUT2D eigenvalue weighted by molar-refractivity contribution is 5.77. The summed E-state index contributed by atoms with van der Waals surface area (Å²) >= 11 is 0. The Kier molecular flexibility index (Phi) is 4.93. The molecule has 1 aromatic heterocycles. The van der Waals surface area contributed by atoms with Crippen LogP contribution in [-0.4, -0.2) is 33.7 Å². The van der Waals surface area contributed by atoms with Crippen molar-refractivity contribution in [2.24, 2.45) is 0 Å². The molecule has 0 fully saturated rings. The lowest BCUT2D eigenvalue weighted by atomic mass is 10.2. The van der Waals surface area contributed by atoms with Gasteiger partial charge in [0.2, 0.25) is 5.88 Å². The maximum absolute atomic E-state index is 10.9. The number of hydrogen-bond donors (Lipinski definition) is 2. The maximum atomic E-state index is 10.9. The lowest BCUT2D eigenvalue weighted by molar-refractivity contribution is -0.137. The zero-order valence-electron chi connectivity index (χ0n) is 9.59. The molecule has 2 N–H and O–H groups in total. The number of aromatic nitrogens is 2. The molecule has 0 aliphatic carbocycles. The number of nitrogens with zero attached hydrogens (tertiary/aromatic N) is 2. The van der Waals surface area contributed by atoms with Crippen LogP contribution < -0.4 is 10.1 Å².